The molecule has 0 heterocycles. The van der Waals surface area contributed by atoms with Gasteiger partial charge in [-0.3, -0.25) is 9.69 Å². The normalized spacial score (nSPS) is 14.1. The van der Waals surface area contributed by atoms with Crippen molar-refractivity contribution in [1.82, 2.24) is 4.90 Å². The summed E-state index contributed by atoms with van der Waals surface area (Å²) < 4.78 is 5.55. The number of ether oxygens (including phenoxy) is 1. The molecule has 0 amide bonds. The lowest BCUT2D eigenvalue weighted by molar-refractivity contribution is -0.157. The predicted octanol–water partition coefficient (Wildman–Crippen LogP) is 5.14. The first-order valence-corrected chi connectivity index (χ1v) is 9.07. The number of nitrogens with zero attached hydrogens (tertiary/aromatic N) is 1. The number of hydrogen-bond acceptors (Lipinski definition) is 3. The first-order valence-electron chi connectivity index (χ1n) is 9.07. The van der Waals surface area contributed by atoms with Crippen LogP contribution in [-0.4, -0.2) is 36.1 Å². The van der Waals surface area contributed by atoms with Gasteiger partial charge in [0.05, 0.1) is 5.41 Å². The Kier molecular flexibility index (Phi) is 12.8. The van der Waals surface area contributed by atoms with Gasteiger partial charge in [0, 0.05) is 18.6 Å². The minimum Gasteiger partial charge on any atom is -0.464 e. The van der Waals surface area contributed by atoms with E-state index in [1.54, 1.807) is 0 Å². The van der Waals surface area contributed by atoms with Gasteiger partial charge in [-0.15, -0.1) is 0 Å². The monoisotopic (exact) mass is 315 g/mol. The summed E-state index contributed by atoms with van der Waals surface area (Å²) in [5, 5.41) is 0. The summed E-state index contributed by atoms with van der Waals surface area (Å²) in [6.45, 7) is 22.4. The fourth-order valence-corrected chi connectivity index (χ4v) is 2.80. The predicted molar refractivity (Wildman–Crippen MR) is 97.1 cm³/mol. The van der Waals surface area contributed by atoms with Crippen LogP contribution in [0.1, 0.15) is 82.1 Å². The smallest absolute Gasteiger partial charge is 0.311 e. The molecule has 0 bridgehead atoms. The molecule has 0 aliphatic carbocycles. The fraction of sp³-hybridized carbons (Fsp3) is 0.947. The van der Waals surface area contributed by atoms with E-state index >= 15 is 0 Å². The van der Waals surface area contributed by atoms with Crippen LogP contribution in [0.15, 0.2) is 0 Å². The average molecular weight is 316 g/mol. The quantitative estimate of drug-likeness (QED) is 0.552. The molecule has 0 saturated heterocycles. The molecule has 3 nitrogen and oxygen atoms in total. The Balaban J connectivity index is 0. The highest BCUT2D eigenvalue weighted by molar-refractivity contribution is 5.76. The summed E-state index contributed by atoms with van der Waals surface area (Å²) in [5.41, 5.74) is -0.339. The van der Waals surface area contributed by atoms with E-state index in [9.17, 15) is 4.79 Å². The molecule has 0 rings (SSSR count). The third-order valence-electron chi connectivity index (χ3n) is 4.04. The Morgan fingerprint density at radius 1 is 1.05 bits per heavy atom. The van der Waals surface area contributed by atoms with Crippen molar-refractivity contribution in [2.45, 2.75) is 94.2 Å². The lowest BCUT2D eigenvalue weighted by Crippen LogP contribution is -2.40. The molecule has 0 saturated carbocycles. The zero-order valence-corrected chi connectivity index (χ0v) is 16.8. The van der Waals surface area contributed by atoms with E-state index in [0.29, 0.717) is 24.6 Å². The third-order valence-corrected chi connectivity index (χ3v) is 4.04. The summed E-state index contributed by atoms with van der Waals surface area (Å²) in [4.78, 5) is 14.7. The molecule has 0 fully saturated rings. The minimum absolute atomic E-state index is 0.0406. The molecule has 1 atom stereocenters. The van der Waals surface area contributed by atoms with Crippen LogP contribution in [0.5, 0.6) is 0 Å². The minimum atomic E-state index is -0.339. The average Bonchev–Trinajstić information content (AvgIpc) is 2.43. The van der Waals surface area contributed by atoms with E-state index in [1.165, 1.54) is 0 Å². The Morgan fingerprint density at radius 2 is 1.50 bits per heavy atom. The Morgan fingerprint density at radius 3 is 1.82 bits per heavy atom. The van der Waals surface area contributed by atoms with Crippen LogP contribution in [0.3, 0.4) is 0 Å². The summed E-state index contributed by atoms with van der Waals surface area (Å²) in [6.07, 6.45) is 1.72. The molecule has 0 aliphatic heterocycles. The molecule has 0 radical (unpaired) electrons. The number of hydrogen-bond donors (Lipinski definition) is 0. The molecule has 22 heavy (non-hydrogen) atoms. The van der Waals surface area contributed by atoms with Crippen molar-refractivity contribution in [3.05, 3.63) is 0 Å². The van der Waals surface area contributed by atoms with E-state index in [0.717, 1.165) is 19.4 Å². The fourth-order valence-electron chi connectivity index (χ4n) is 2.80. The van der Waals surface area contributed by atoms with Crippen molar-refractivity contribution in [3.63, 3.8) is 0 Å². The van der Waals surface area contributed by atoms with Crippen LogP contribution < -0.4 is 0 Å². The molecule has 0 aliphatic rings. The van der Waals surface area contributed by atoms with Gasteiger partial charge in [0.25, 0.3) is 0 Å². The van der Waals surface area contributed by atoms with E-state index in [-0.39, 0.29) is 11.4 Å². The number of carbonyl (C=O) groups excluding carboxylic acids is 1. The van der Waals surface area contributed by atoms with Crippen molar-refractivity contribution >= 4 is 5.97 Å². The molecule has 0 spiro atoms. The zero-order valence-electron chi connectivity index (χ0n) is 16.8. The molecule has 0 N–H and O–H groups in total. The van der Waals surface area contributed by atoms with Gasteiger partial charge in [0.1, 0.15) is 6.61 Å². The van der Waals surface area contributed by atoms with Crippen molar-refractivity contribution in [2.75, 3.05) is 13.2 Å². The summed E-state index contributed by atoms with van der Waals surface area (Å²) >= 11 is 0. The van der Waals surface area contributed by atoms with Gasteiger partial charge < -0.3 is 4.74 Å². The molecular weight excluding hydrogens is 274 g/mol. The van der Waals surface area contributed by atoms with Crippen LogP contribution in [0.25, 0.3) is 0 Å². The Hall–Kier alpha value is -0.570. The molecule has 134 valence electrons. The molecule has 1 unspecified atom stereocenters. The maximum atomic E-state index is 12.3. The van der Waals surface area contributed by atoms with E-state index in [1.807, 2.05) is 20.8 Å². The second-order valence-corrected chi connectivity index (χ2v) is 7.07. The van der Waals surface area contributed by atoms with Gasteiger partial charge in [0.15, 0.2) is 0 Å². The molecular formula is C19H41NO2. The van der Waals surface area contributed by atoms with Crippen LogP contribution >= 0.6 is 0 Å². The maximum Gasteiger partial charge on any atom is 0.311 e. The number of esters is 1. The van der Waals surface area contributed by atoms with Gasteiger partial charge >= 0.3 is 5.97 Å². The zero-order chi connectivity index (χ0) is 17.9. The second-order valence-electron chi connectivity index (χ2n) is 7.07. The Bertz CT molecular complexity index is 279. The van der Waals surface area contributed by atoms with E-state index in [4.69, 9.17) is 4.74 Å². The lowest BCUT2D eigenvalue weighted by Gasteiger charge is -2.31. The SMILES string of the molecule is CC.CCC(C)(CC(C)C)C(=O)OCCN(C(C)C)C(C)C. The second kappa shape index (κ2) is 11.9. The van der Waals surface area contributed by atoms with Gasteiger partial charge in [0.2, 0.25) is 0 Å². The molecule has 0 aromatic heterocycles. The van der Waals surface area contributed by atoms with Gasteiger partial charge in [-0.25, -0.2) is 0 Å². The highest BCUT2D eigenvalue weighted by Crippen LogP contribution is 2.31. The third kappa shape index (κ3) is 8.77. The number of rotatable bonds is 9. The molecule has 0 aromatic carbocycles. The van der Waals surface area contributed by atoms with Crippen LogP contribution in [0.4, 0.5) is 0 Å². The van der Waals surface area contributed by atoms with Crippen LogP contribution in [0, 0.1) is 11.3 Å². The lowest BCUT2D eigenvalue weighted by atomic mass is 9.80. The van der Waals surface area contributed by atoms with Crippen molar-refractivity contribution in [3.8, 4) is 0 Å². The van der Waals surface area contributed by atoms with Crippen LogP contribution in [-0.2, 0) is 9.53 Å². The van der Waals surface area contributed by atoms with Gasteiger partial charge in [-0.2, -0.15) is 0 Å². The highest BCUT2D eigenvalue weighted by Gasteiger charge is 2.33. The largest absolute Gasteiger partial charge is 0.464 e. The van der Waals surface area contributed by atoms with Crippen molar-refractivity contribution in [1.29, 1.82) is 0 Å². The van der Waals surface area contributed by atoms with E-state index in [2.05, 4.69) is 53.4 Å². The molecule has 3 heteroatoms. The van der Waals surface area contributed by atoms with Gasteiger partial charge in [-0.1, -0.05) is 34.6 Å². The van der Waals surface area contributed by atoms with Crippen LogP contribution in [0.2, 0.25) is 0 Å². The first kappa shape index (κ1) is 23.7. The number of carbonyl (C=O) groups is 1. The van der Waals surface area contributed by atoms with Gasteiger partial charge in [-0.05, 0) is 53.4 Å². The molecule has 0 aromatic rings. The Labute approximate surface area is 139 Å². The van der Waals surface area contributed by atoms with Crippen molar-refractivity contribution < 1.29 is 9.53 Å². The topological polar surface area (TPSA) is 29.5 Å². The summed E-state index contributed by atoms with van der Waals surface area (Å²) in [7, 11) is 0. The standard InChI is InChI=1S/C17H35NO2.C2H6/c1-9-17(8,12-13(2)3)16(19)20-11-10-18(14(4)5)15(6)7;1-2/h13-15H,9-12H2,1-8H3;1-2H3. The maximum absolute atomic E-state index is 12.3. The summed E-state index contributed by atoms with van der Waals surface area (Å²) in [5.74, 6) is 0.469. The first-order chi connectivity index (χ1) is 10.1. The van der Waals surface area contributed by atoms with E-state index < -0.39 is 0 Å². The van der Waals surface area contributed by atoms with Crippen molar-refractivity contribution in [2.24, 2.45) is 11.3 Å². The summed E-state index contributed by atoms with van der Waals surface area (Å²) in [6, 6.07) is 0.948. The highest BCUT2D eigenvalue weighted by atomic mass is 16.5.